The number of hydrazine groups is 1. The predicted molar refractivity (Wildman–Crippen MR) is 82.7 cm³/mol. The van der Waals surface area contributed by atoms with Crippen molar-refractivity contribution in [2.24, 2.45) is 5.84 Å². The minimum absolute atomic E-state index is 0.466. The number of aromatic nitrogens is 2. The Bertz CT molecular complexity index is 627. The third-order valence-corrected chi connectivity index (χ3v) is 3.25. The number of hydrogen-bond donors (Lipinski definition) is 3. The molecule has 0 atom stereocenters. The van der Waals surface area contributed by atoms with Gasteiger partial charge >= 0.3 is 0 Å². The topological polar surface area (TPSA) is 85.1 Å². The molecule has 1 fully saturated rings. The molecule has 1 aliphatic carbocycles. The maximum absolute atomic E-state index is 5.50. The molecule has 0 radical (unpaired) electrons. The molecule has 0 bridgehead atoms. The molecule has 0 unspecified atom stereocenters. The van der Waals surface area contributed by atoms with Crippen molar-refractivity contribution in [3.8, 4) is 5.75 Å². The number of ether oxygens (including phenoxy) is 1. The molecule has 3 rings (SSSR count). The maximum atomic E-state index is 5.50. The fourth-order valence-corrected chi connectivity index (χ4v) is 2.11. The van der Waals surface area contributed by atoms with E-state index in [1.165, 1.54) is 0 Å². The van der Waals surface area contributed by atoms with Gasteiger partial charge in [-0.2, -0.15) is 0 Å². The Morgan fingerprint density at radius 1 is 1.24 bits per heavy atom. The van der Waals surface area contributed by atoms with Crippen LogP contribution in [-0.2, 0) is 0 Å². The van der Waals surface area contributed by atoms with Crippen LogP contribution in [0.15, 0.2) is 30.3 Å². The van der Waals surface area contributed by atoms with Gasteiger partial charge in [-0.3, -0.25) is 0 Å². The summed E-state index contributed by atoms with van der Waals surface area (Å²) in [6, 6.07) is 9.57. The van der Waals surface area contributed by atoms with Gasteiger partial charge in [0.15, 0.2) is 0 Å². The second-order valence-corrected chi connectivity index (χ2v) is 5.00. The SMILES string of the molecule is CCOc1cccc(Nc2cc(NN)nc(C3CC3)n2)c1. The summed E-state index contributed by atoms with van der Waals surface area (Å²) in [7, 11) is 0. The molecule has 1 aromatic carbocycles. The van der Waals surface area contributed by atoms with E-state index in [0.717, 1.165) is 35.9 Å². The summed E-state index contributed by atoms with van der Waals surface area (Å²) in [5.74, 6) is 8.97. The van der Waals surface area contributed by atoms with Crippen LogP contribution in [-0.4, -0.2) is 16.6 Å². The van der Waals surface area contributed by atoms with Crippen LogP contribution in [0.1, 0.15) is 31.5 Å². The molecule has 110 valence electrons. The Morgan fingerprint density at radius 3 is 2.76 bits per heavy atom. The molecule has 1 heterocycles. The van der Waals surface area contributed by atoms with Gasteiger partial charge < -0.3 is 15.5 Å². The Kier molecular flexibility index (Phi) is 3.87. The van der Waals surface area contributed by atoms with Gasteiger partial charge in [0.2, 0.25) is 0 Å². The smallest absolute Gasteiger partial charge is 0.145 e. The van der Waals surface area contributed by atoms with Gasteiger partial charge in [0.1, 0.15) is 23.2 Å². The van der Waals surface area contributed by atoms with Crippen LogP contribution >= 0.6 is 0 Å². The largest absolute Gasteiger partial charge is 0.494 e. The average molecular weight is 285 g/mol. The number of nitrogens with one attached hydrogen (secondary N) is 2. The Morgan fingerprint density at radius 2 is 2.05 bits per heavy atom. The number of nitrogens with zero attached hydrogens (tertiary/aromatic N) is 2. The second kappa shape index (κ2) is 5.97. The lowest BCUT2D eigenvalue weighted by Crippen LogP contribution is -2.11. The average Bonchev–Trinajstić information content (AvgIpc) is 3.32. The fourth-order valence-electron chi connectivity index (χ4n) is 2.11. The lowest BCUT2D eigenvalue weighted by atomic mass is 10.3. The van der Waals surface area contributed by atoms with E-state index in [1.54, 1.807) is 6.07 Å². The predicted octanol–water partition coefficient (Wildman–Crippen LogP) is 2.78. The number of nitrogen functional groups attached to an aromatic ring is 1. The second-order valence-electron chi connectivity index (χ2n) is 5.00. The minimum Gasteiger partial charge on any atom is -0.494 e. The van der Waals surface area contributed by atoms with Crippen LogP contribution in [0.4, 0.5) is 17.3 Å². The minimum atomic E-state index is 0.466. The van der Waals surface area contributed by atoms with E-state index in [4.69, 9.17) is 10.6 Å². The summed E-state index contributed by atoms with van der Waals surface area (Å²) in [5, 5.41) is 3.27. The summed E-state index contributed by atoms with van der Waals surface area (Å²) >= 11 is 0. The first-order chi connectivity index (χ1) is 10.3. The van der Waals surface area contributed by atoms with E-state index in [-0.39, 0.29) is 0 Å². The Balaban J connectivity index is 1.83. The molecule has 0 amide bonds. The van der Waals surface area contributed by atoms with Crippen LogP contribution in [0, 0.1) is 0 Å². The van der Waals surface area contributed by atoms with E-state index in [9.17, 15) is 0 Å². The molecule has 6 heteroatoms. The highest BCUT2D eigenvalue weighted by atomic mass is 16.5. The molecule has 0 saturated heterocycles. The highest BCUT2D eigenvalue weighted by Gasteiger charge is 2.27. The number of benzene rings is 1. The molecular weight excluding hydrogens is 266 g/mol. The van der Waals surface area contributed by atoms with Gasteiger partial charge in [0.05, 0.1) is 6.61 Å². The van der Waals surface area contributed by atoms with Gasteiger partial charge in [0, 0.05) is 23.7 Å². The maximum Gasteiger partial charge on any atom is 0.145 e. The monoisotopic (exact) mass is 285 g/mol. The van der Waals surface area contributed by atoms with Gasteiger partial charge in [-0.25, -0.2) is 15.8 Å². The Labute approximate surface area is 123 Å². The summed E-state index contributed by atoms with van der Waals surface area (Å²) in [5.41, 5.74) is 3.51. The molecule has 1 aliphatic rings. The van der Waals surface area contributed by atoms with E-state index >= 15 is 0 Å². The number of rotatable bonds is 6. The zero-order valence-corrected chi connectivity index (χ0v) is 12.0. The molecule has 1 saturated carbocycles. The van der Waals surface area contributed by atoms with Gasteiger partial charge in [-0.15, -0.1) is 0 Å². The molecule has 4 N–H and O–H groups in total. The van der Waals surface area contributed by atoms with Gasteiger partial charge in [-0.05, 0) is 31.9 Å². The van der Waals surface area contributed by atoms with Crippen molar-refractivity contribution < 1.29 is 4.74 Å². The highest BCUT2D eigenvalue weighted by molar-refractivity contribution is 5.60. The lowest BCUT2D eigenvalue weighted by Gasteiger charge is -2.10. The number of nitrogens with two attached hydrogens (primary N) is 1. The molecule has 21 heavy (non-hydrogen) atoms. The highest BCUT2D eigenvalue weighted by Crippen LogP contribution is 2.39. The third-order valence-electron chi connectivity index (χ3n) is 3.25. The van der Waals surface area contributed by atoms with Crippen LogP contribution in [0.5, 0.6) is 5.75 Å². The van der Waals surface area contributed by atoms with E-state index in [0.29, 0.717) is 18.3 Å². The van der Waals surface area contributed by atoms with Crippen LogP contribution < -0.4 is 21.3 Å². The Hall–Kier alpha value is -2.34. The molecule has 2 aromatic rings. The zero-order valence-electron chi connectivity index (χ0n) is 12.0. The fraction of sp³-hybridized carbons (Fsp3) is 0.333. The van der Waals surface area contributed by atoms with Crippen molar-refractivity contribution in [2.45, 2.75) is 25.7 Å². The third kappa shape index (κ3) is 3.41. The van der Waals surface area contributed by atoms with Crippen molar-refractivity contribution in [2.75, 3.05) is 17.3 Å². The van der Waals surface area contributed by atoms with Crippen molar-refractivity contribution in [1.82, 2.24) is 9.97 Å². The molecule has 0 spiro atoms. The summed E-state index contributed by atoms with van der Waals surface area (Å²) in [4.78, 5) is 8.95. The van der Waals surface area contributed by atoms with E-state index < -0.39 is 0 Å². The van der Waals surface area contributed by atoms with Crippen molar-refractivity contribution >= 4 is 17.3 Å². The molecular formula is C15H19N5O. The standard InChI is InChI=1S/C15H19N5O/c1-2-21-12-5-3-4-11(8-12)17-13-9-14(20-16)19-15(18-13)10-6-7-10/h3-5,8-10H,2,6-7,16H2,1H3,(H2,17,18,19,20). The quantitative estimate of drug-likeness (QED) is 0.559. The van der Waals surface area contributed by atoms with E-state index in [1.807, 2.05) is 31.2 Å². The zero-order chi connectivity index (χ0) is 14.7. The molecule has 1 aromatic heterocycles. The summed E-state index contributed by atoms with van der Waals surface area (Å²) in [6.45, 7) is 2.61. The summed E-state index contributed by atoms with van der Waals surface area (Å²) < 4.78 is 5.50. The normalized spacial score (nSPS) is 13.8. The van der Waals surface area contributed by atoms with Gasteiger partial charge in [0.25, 0.3) is 0 Å². The van der Waals surface area contributed by atoms with Crippen molar-refractivity contribution in [1.29, 1.82) is 0 Å². The number of anilines is 3. The van der Waals surface area contributed by atoms with Crippen LogP contribution in [0.3, 0.4) is 0 Å². The summed E-state index contributed by atoms with van der Waals surface area (Å²) in [6.07, 6.45) is 2.29. The van der Waals surface area contributed by atoms with Crippen LogP contribution in [0.25, 0.3) is 0 Å². The first-order valence-electron chi connectivity index (χ1n) is 7.14. The van der Waals surface area contributed by atoms with Gasteiger partial charge in [-0.1, -0.05) is 6.07 Å². The lowest BCUT2D eigenvalue weighted by molar-refractivity contribution is 0.340. The molecule has 0 aliphatic heterocycles. The molecule has 6 nitrogen and oxygen atoms in total. The van der Waals surface area contributed by atoms with Crippen molar-refractivity contribution in [3.05, 3.63) is 36.2 Å². The van der Waals surface area contributed by atoms with E-state index in [2.05, 4.69) is 20.7 Å². The number of hydrogen-bond acceptors (Lipinski definition) is 6. The first-order valence-corrected chi connectivity index (χ1v) is 7.14. The van der Waals surface area contributed by atoms with Crippen molar-refractivity contribution in [3.63, 3.8) is 0 Å². The first kappa shape index (κ1) is 13.6. The van der Waals surface area contributed by atoms with Crippen LogP contribution in [0.2, 0.25) is 0 Å².